The van der Waals surface area contributed by atoms with E-state index in [2.05, 4.69) is 21.5 Å². The number of aromatic nitrogens is 3. The Morgan fingerprint density at radius 2 is 2.08 bits per heavy atom. The normalized spacial score (nSPS) is 13.6. The predicted octanol–water partition coefficient (Wildman–Crippen LogP) is 2.29. The van der Waals surface area contributed by atoms with Crippen LogP contribution in [0, 0.1) is 17.2 Å². The van der Waals surface area contributed by atoms with E-state index in [4.69, 9.17) is 5.26 Å². The lowest BCUT2D eigenvalue weighted by atomic mass is 10.1. The molecule has 0 bridgehead atoms. The highest BCUT2D eigenvalue weighted by Gasteiger charge is 2.29. The monoisotopic (exact) mass is 317 g/mol. The van der Waals surface area contributed by atoms with Crippen molar-refractivity contribution in [1.29, 1.82) is 5.26 Å². The number of fused-ring (bicyclic) bond motifs is 1. The molecule has 2 heterocycles. The summed E-state index contributed by atoms with van der Waals surface area (Å²) in [5, 5.41) is 16.2. The molecule has 1 aliphatic rings. The third-order valence-corrected chi connectivity index (χ3v) is 4.16. The molecule has 4 rings (SSSR count). The van der Waals surface area contributed by atoms with Crippen LogP contribution in [-0.4, -0.2) is 20.5 Å². The Labute approximate surface area is 138 Å². The lowest BCUT2D eigenvalue weighted by molar-refractivity contribution is -0.122. The first-order chi connectivity index (χ1) is 11.7. The number of carbonyl (C=O) groups excluding carboxylic acids is 1. The maximum atomic E-state index is 11.8. The molecule has 1 saturated carbocycles. The van der Waals surface area contributed by atoms with Gasteiger partial charge >= 0.3 is 0 Å². The molecule has 24 heavy (non-hydrogen) atoms. The zero-order valence-electron chi connectivity index (χ0n) is 12.9. The van der Waals surface area contributed by atoms with E-state index in [1.807, 2.05) is 24.3 Å². The summed E-state index contributed by atoms with van der Waals surface area (Å²) in [6, 6.07) is 13.4. The molecule has 1 fully saturated rings. The first kappa shape index (κ1) is 14.4. The highest BCUT2D eigenvalue weighted by atomic mass is 16.2. The van der Waals surface area contributed by atoms with Crippen molar-refractivity contribution in [2.24, 2.45) is 5.92 Å². The fourth-order valence-electron chi connectivity index (χ4n) is 2.68. The van der Waals surface area contributed by atoms with Crippen LogP contribution in [0.5, 0.6) is 0 Å². The molecule has 1 N–H and O–H groups in total. The maximum Gasteiger partial charge on any atom is 0.223 e. The van der Waals surface area contributed by atoms with Crippen LogP contribution < -0.4 is 5.32 Å². The van der Waals surface area contributed by atoms with Crippen LogP contribution in [0.3, 0.4) is 0 Å². The molecule has 118 valence electrons. The van der Waals surface area contributed by atoms with Gasteiger partial charge < -0.3 is 5.32 Å². The Bertz CT molecular complexity index is 948. The minimum absolute atomic E-state index is 0.122. The van der Waals surface area contributed by atoms with Crippen molar-refractivity contribution in [3.05, 3.63) is 53.9 Å². The average molecular weight is 317 g/mol. The van der Waals surface area contributed by atoms with Crippen molar-refractivity contribution in [3.8, 4) is 17.3 Å². The molecule has 3 aromatic rings. The Morgan fingerprint density at radius 1 is 1.29 bits per heavy atom. The minimum Gasteiger partial charge on any atom is -0.352 e. The lowest BCUT2D eigenvalue weighted by Crippen LogP contribution is -2.24. The quantitative estimate of drug-likeness (QED) is 0.800. The lowest BCUT2D eigenvalue weighted by Gasteiger charge is -2.09. The fourth-order valence-corrected chi connectivity index (χ4v) is 2.68. The standard InChI is InChI=1S/C18H15N5O/c19-9-12-1-3-14(4-2-12)16-7-13(8-17-21-11-22-23(16)17)10-20-18(24)15-5-6-15/h1-4,7-8,11,15H,5-6,10H2,(H,20,24). The molecule has 0 saturated heterocycles. The number of nitrogens with one attached hydrogen (secondary N) is 1. The molecular weight excluding hydrogens is 302 g/mol. The summed E-state index contributed by atoms with van der Waals surface area (Å²) in [7, 11) is 0. The zero-order valence-corrected chi connectivity index (χ0v) is 12.9. The second-order valence-corrected chi connectivity index (χ2v) is 5.96. The van der Waals surface area contributed by atoms with Crippen LogP contribution >= 0.6 is 0 Å². The molecule has 0 atom stereocenters. The van der Waals surface area contributed by atoms with E-state index in [0.29, 0.717) is 12.1 Å². The highest BCUT2D eigenvalue weighted by molar-refractivity contribution is 5.80. The third kappa shape index (κ3) is 2.72. The number of hydrogen-bond donors (Lipinski definition) is 1. The second-order valence-electron chi connectivity index (χ2n) is 5.96. The molecule has 6 nitrogen and oxygen atoms in total. The van der Waals surface area contributed by atoms with E-state index >= 15 is 0 Å². The number of hydrogen-bond acceptors (Lipinski definition) is 4. The van der Waals surface area contributed by atoms with Crippen molar-refractivity contribution in [1.82, 2.24) is 19.9 Å². The van der Waals surface area contributed by atoms with E-state index in [0.717, 1.165) is 35.3 Å². The van der Waals surface area contributed by atoms with Crippen LogP contribution in [-0.2, 0) is 11.3 Å². The van der Waals surface area contributed by atoms with Gasteiger partial charge in [0.1, 0.15) is 6.33 Å². The van der Waals surface area contributed by atoms with Gasteiger partial charge in [0.25, 0.3) is 0 Å². The first-order valence-corrected chi connectivity index (χ1v) is 7.85. The summed E-state index contributed by atoms with van der Waals surface area (Å²) in [5.74, 6) is 0.316. The number of carbonyl (C=O) groups is 1. The van der Waals surface area contributed by atoms with Crippen LogP contribution in [0.15, 0.2) is 42.7 Å². The molecule has 0 aliphatic heterocycles. The highest BCUT2D eigenvalue weighted by Crippen LogP contribution is 2.29. The van der Waals surface area contributed by atoms with Gasteiger partial charge in [-0.25, -0.2) is 9.50 Å². The number of nitrogens with zero attached hydrogens (tertiary/aromatic N) is 4. The molecule has 1 aliphatic carbocycles. The van der Waals surface area contributed by atoms with Gasteiger partial charge in [-0.3, -0.25) is 4.79 Å². The Hall–Kier alpha value is -3.20. The fraction of sp³-hybridized carbons (Fsp3) is 0.222. The van der Waals surface area contributed by atoms with E-state index in [1.165, 1.54) is 6.33 Å². The van der Waals surface area contributed by atoms with Gasteiger partial charge in [-0.05, 0) is 42.7 Å². The van der Waals surface area contributed by atoms with E-state index in [-0.39, 0.29) is 11.8 Å². The molecule has 0 radical (unpaired) electrons. The summed E-state index contributed by atoms with van der Waals surface area (Å²) in [6.07, 6.45) is 3.49. The summed E-state index contributed by atoms with van der Waals surface area (Å²) in [5.41, 5.74) is 4.14. The summed E-state index contributed by atoms with van der Waals surface area (Å²) in [6.45, 7) is 0.474. The SMILES string of the molecule is N#Cc1ccc(-c2cc(CNC(=O)C3CC3)cc3ncnn23)cc1. The maximum absolute atomic E-state index is 11.8. The van der Waals surface area contributed by atoms with Crippen molar-refractivity contribution in [2.75, 3.05) is 0 Å². The van der Waals surface area contributed by atoms with Gasteiger partial charge in [0.2, 0.25) is 5.91 Å². The van der Waals surface area contributed by atoms with E-state index < -0.39 is 0 Å². The molecule has 6 heteroatoms. The number of benzene rings is 1. The number of amides is 1. The van der Waals surface area contributed by atoms with Crippen molar-refractivity contribution >= 4 is 11.6 Å². The van der Waals surface area contributed by atoms with Gasteiger partial charge in [-0.2, -0.15) is 10.4 Å². The smallest absolute Gasteiger partial charge is 0.223 e. The second kappa shape index (κ2) is 5.78. The predicted molar refractivity (Wildman–Crippen MR) is 87.7 cm³/mol. The summed E-state index contributed by atoms with van der Waals surface area (Å²) >= 11 is 0. The molecule has 2 aromatic heterocycles. The van der Waals surface area contributed by atoms with E-state index in [1.54, 1.807) is 16.6 Å². The first-order valence-electron chi connectivity index (χ1n) is 7.85. The third-order valence-electron chi connectivity index (χ3n) is 4.16. The Morgan fingerprint density at radius 3 is 2.79 bits per heavy atom. The van der Waals surface area contributed by atoms with Gasteiger partial charge in [0, 0.05) is 18.0 Å². The summed E-state index contributed by atoms with van der Waals surface area (Å²) < 4.78 is 1.76. The molecule has 0 spiro atoms. The summed E-state index contributed by atoms with van der Waals surface area (Å²) in [4.78, 5) is 16.1. The van der Waals surface area contributed by atoms with Crippen LogP contribution in [0.1, 0.15) is 24.0 Å². The largest absolute Gasteiger partial charge is 0.352 e. The van der Waals surface area contributed by atoms with E-state index in [9.17, 15) is 4.79 Å². The van der Waals surface area contributed by atoms with Crippen LogP contribution in [0.4, 0.5) is 0 Å². The molecule has 1 aromatic carbocycles. The molecule has 0 unspecified atom stereocenters. The van der Waals surface area contributed by atoms with Gasteiger partial charge in [0.05, 0.1) is 17.3 Å². The Kier molecular flexibility index (Phi) is 3.47. The molecule has 1 amide bonds. The minimum atomic E-state index is 0.122. The topological polar surface area (TPSA) is 83.1 Å². The van der Waals surface area contributed by atoms with Crippen molar-refractivity contribution in [3.63, 3.8) is 0 Å². The number of pyridine rings is 1. The van der Waals surface area contributed by atoms with Crippen molar-refractivity contribution < 1.29 is 4.79 Å². The van der Waals surface area contributed by atoms with Gasteiger partial charge in [0.15, 0.2) is 5.65 Å². The van der Waals surface area contributed by atoms with Crippen LogP contribution in [0.25, 0.3) is 16.9 Å². The Balaban J connectivity index is 1.68. The van der Waals surface area contributed by atoms with Crippen LogP contribution in [0.2, 0.25) is 0 Å². The van der Waals surface area contributed by atoms with Crippen molar-refractivity contribution in [2.45, 2.75) is 19.4 Å². The zero-order chi connectivity index (χ0) is 16.5. The van der Waals surface area contributed by atoms with Gasteiger partial charge in [-0.15, -0.1) is 0 Å². The average Bonchev–Trinajstić information content (AvgIpc) is 3.37. The number of rotatable bonds is 4. The molecular formula is C18H15N5O. The van der Waals surface area contributed by atoms with Gasteiger partial charge in [-0.1, -0.05) is 12.1 Å². The number of nitriles is 1.